The molecule has 6 rings (SSSR count). The predicted molar refractivity (Wildman–Crippen MR) is 157 cm³/mol. The Balaban J connectivity index is 1.37. The zero-order valence-electron chi connectivity index (χ0n) is 24.4. The van der Waals surface area contributed by atoms with Gasteiger partial charge in [0, 0.05) is 38.3 Å². The second-order valence-corrected chi connectivity index (χ2v) is 11.3. The van der Waals surface area contributed by atoms with Crippen molar-refractivity contribution in [1.82, 2.24) is 9.80 Å². The number of fused-ring (bicyclic) bond motifs is 3. The number of aliphatic hydroxyl groups excluding tert-OH is 2. The monoisotopic (exact) mass is 590 g/mol. The Labute approximate surface area is 251 Å². The van der Waals surface area contributed by atoms with Crippen LogP contribution in [-0.2, 0) is 22.7 Å². The molecule has 0 aliphatic carbocycles. The van der Waals surface area contributed by atoms with Gasteiger partial charge in [0.2, 0.25) is 5.75 Å². The van der Waals surface area contributed by atoms with E-state index in [9.17, 15) is 15.0 Å². The van der Waals surface area contributed by atoms with Gasteiger partial charge in [0.1, 0.15) is 31.5 Å². The van der Waals surface area contributed by atoms with Gasteiger partial charge in [0.15, 0.2) is 17.6 Å². The molecule has 0 bridgehead atoms. The number of methoxy groups -OCH3 is 1. The minimum Gasteiger partial charge on any atom is -0.490 e. The van der Waals surface area contributed by atoms with Crippen molar-refractivity contribution in [3.8, 4) is 17.2 Å². The van der Waals surface area contributed by atoms with Crippen LogP contribution in [0.1, 0.15) is 33.2 Å². The molecule has 3 aliphatic heterocycles. The van der Waals surface area contributed by atoms with E-state index in [1.54, 1.807) is 6.07 Å². The third-order valence-corrected chi connectivity index (χ3v) is 8.38. The Kier molecular flexibility index (Phi) is 8.83. The largest absolute Gasteiger partial charge is 0.490 e. The Morgan fingerprint density at radius 2 is 1.49 bits per heavy atom. The van der Waals surface area contributed by atoms with Crippen LogP contribution in [0.4, 0.5) is 0 Å². The number of carbonyl (C=O) groups excluding carboxylic acids is 1. The van der Waals surface area contributed by atoms with E-state index < -0.39 is 36.5 Å². The number of likely N-dealkylation sites (N-methyl/N-ethyl adjacent to an activating group) is 1. The Morgan fingerprint density at radius 1 is 0.860 bits per heavy atom. The minimum absolute atomic E-state index is 0.189. The number of hydrogen-bond acceptors (Lipinski definition) is 10. The number of aliphatic hydroxyl groups is 2. The number of nitrogens with zero attached hydrogens (tertiary/aromatic N) is 2. The Morgan fingerprint density at radius 3 is 2.12 bits per heavy atom. The average molecular weight is 591 g/mol. The highest BCUT2D eigenvalue weighted by molar-refractivity contribution is 5.95. The lowest BCUT2D eigenvalue weighted by Gasteiger charge is -2.46. The maximum absolute atomic E-state index is 13.4. The van der Waals surface area contributed by atoms with E-state index >= 15 is 0 Å². The smallest absolute Gasteiger partial charge is 0.339 e. The lowest BCUT2D eigenvalue weighted by molar-refractivity contribution is -0.232. The van der Waals surface area contributed by atoms with Crippen LogP contribution in [0.15, 0.2) is 66.7 Å². The van der Waals surface area contributed by atoms with E-state index in [-0.39, 0.29) is 24.5 Å². The van der Waals surface area contributed by atoms with Gasteiger partial charge >= 0.3 is 5.97 Å². The molecule has 10 heteroatoms. The standard InChI is InChI=1S/C33H38N2O8/c1-34-13-15-35(16-14-34)18-25-27(36)28(37)32-31(42-25)26-23(33(38)43-32)17-24(40-19-21-9-5-3-6-10-21)29(39-2)30(26)41-20-22-11-7-4-8-12-22/h3-12,17,25,27-28,31-32,36-37H,13-16,18-20H2,1-2H3/t25-,27-,28+,31+,32-/m1/s1. The van der Waals surface area contributed by atoms with Crippen molar-refractivity contribution in [1.29, 1.82) is 0 Å². The zero-order chi connectivity index (χ0) is 29.9. The van der Waals surface area contributed by atoms with Crippen molar-refractivity contribution < 1.29 is 38.7 Å². The van der Waals surface area contributed by atoms with Gasteiger partial charge in [-0.05, 0) is 24.2 Å². The van der Waals surface area contributed by atoms with E-state index in [0.29, 0.717) is 23.6 Å². The fraction of sp³-hybridized carbons (Fsp3) is 0.424. The highest BCUT2D eigenvalue weighted by Gasteiger charge is 2.52. The van der Waals surface area contributed by atoms with E-state index in [2.05, 4.69) is 16.8 Å². The van der Waals surface area contributed by atoms with Gasteiger partial charge in [-0.15, -0.1) is 0 Å². The molecule has 228 valence electrons. The molecular formula is C33H38N2O8. The van der Waals surface area contributed by atoms with Gasteiger partial charge in [-0.3, -0.25) is 4.90 Å². The normalized spacial score (nSPS) is 25.8. The molecule has 3 aromatic rings. The van der Waals surface area contributed by atoms with Crippen molar-refractivity contribution in [3.05, 3.63) is 89.0 Å². The van der Waals surface area contributed by atoms with Gasteiger partial charge in [0.05, 0.1) is 18.8 Å². The molecule has 2 N–H and O–H groups in total. The fourth-order valence-corrected chi connectivity index (χ4v) is 5.92. The molecule has 3 aliphatic rings. The summed E-state index contributed by atoms with van der Waals surface area (Å²) >= 11 is 0. The van der Waals surface area contributed by atoms with Gasteiger partial charge in [-0.2, -0.15) is 0 Å². The Bertz CT molecular complexity index is 1400. The van der Waals surface area contributed by atoms with Crippen LogP contribution in [0, 0.1) is 0 Å². The first-order valence-electron chi connectivity index (χ1n) is 14.6. The van der Waals surface area contributed by atoms with Crippen LogP contribution in [0.3, 0.4) is 0 Å². The lowest BCUT2D eigenvalue weighted by Crippen LogP contribution is -2.60. The number of esters is 1. The Hall–Kier alpha value is -3.67. The number of piperazine rings is 1. The van der Waals surface area contributed by atoms with Crippen LogP contribution in [0.2, 0.25) is 0 Å². The molecule has 0 saturated carbocycles. The quantitative estimate of drug-likeness (QED) is 0.361. The molecule has 43 heavy (non-hydrogen) atoms. The molecule has 0 spiro atoms. The molecule has 3 aromatic carbocycles. The summed E-state index contributed by atoms with van der Waals surface area (Å²) < 4.78 is 30.7. The van der Waals surface area contributed by atoms with Crippen molar-refractivity contribution in [2.75, 3.05) is 46.9 Å². The topological polar surface area (TPSA) is 110 Å². The van der Waals surface area contributed by atoms with Crippen LogP contribution < -0.4 is 14.2 Å². The molecule has 10 nitrogen and oxygen atoms in total. The number of carbonyl (C=O) groups is 1. The summed E-state index contributed by atoms with van der Waals surface area (Å²) in [6.07, 6.45) is -5.33. The molecule has 5 atom stereocenters. The van der Waals surface area contributed by atoms with Crippen LogP contribution in [0.25, 0.3) is 0 Å². The maximum atomic E-state index is 13.4. The summed E-state index contributed by atoms with van der Waals surface area (Å²) in [6, 6.07) is 20.9. The summed E-state index contributed by atoms with van der Waals surface area (Å²) in [5.74, 6) is 0.230. The molecule has 0 aromatic heterocycles. The first-order valence-corrected chi connectivity index (χ1v) is 14.6. The van der Waals surface area contributed by atoms with Crippen molar-refractivity contribution in [2.24, 2.45) is 0 Å². The number of benzene rings is 3. The molecule has 0 amide bonds. The first-order chi connectivity index (χ1) is 20.9. The van der Waals surface area contributed by atoms with E-state index in [1.165, 1.54) is 7.11 Å². The number of hydrogen-bond donors (Lipinski definition) is 2. The third kappa shape index (κ3) is 6.20. The number of rotatable bonds is 9. The molecule has 2 saturated heterocycles. The van der Waals surface area contributed by atoms with Gasteiger partial charge in [-0.1, -0.05) is 60.7 Å². The average Bonchev–Trinajstić information content (AvgIpc) is 3.03. The molecular weight excluding hydrogens is 552 g/mol. The number of ether oxygens (including phenoxy) is 5. The fourth-order valence-electron chi connectivity index (χ4n) is 5.92. The summed E-state index contributed by atoms with van der Waals surface area (Å²) in [6.45, 7) is 4.29. The lowest BCUT2D eigenvalue weighted by atomic mass is 9.85. The molecule has 3 heterocycles. The predicted octanol–water partition coefficient (Wildman–Crippen LogP) is 2.80. The summed E-state index contributed by atoms with van der Waals surface area (Å²) in [5.41, 5.74) is 2.47. The van der Waals surface area contributed by atoms with Gasteiger partial charge in [0.25, 0.3) is 0 Å². The molecule has 2 fully saturated rings. The molecule has 0 radical (unpaired) electrons. The first kappa shape index (κ1) is 29.4. The van der Waals surface area contributed by atoms with Crippen molar-refractivity contribution >= 4 is 5.97 Å². The molecule has 0 unspecified atom stereocenters. The van der Waals surface area contributed by atoms with E-state index in [1.807, 2.05) is 60.7 Å². The van der Waals surface area contributed by atoms with Crippen LogP contribution in [0.5, 0.6) is 17.2 Å². The highest BCUT2D eigenvalue weighted by Crippen LogP contribution is 2.51. The maximum Gasteiger partial charge on any atom is 0.339 e. The highest BCUT2D eigenvalue weighted by atomic mass is 16.6. The minimum atomic E-state index is -1.35. The summed E-state index contributed by atoms with van der Waals surface area (Å²) in [4.78, 5) is 17.9. The summed E-state index contributed by atoms with van der Waals surface area (Å²) in [7, 11) is 3.59. The van der Waals surface area contributed by atoms with Gasteiger partial charge in [-0.25, -0.2) is 4.79 Å². The van der Waals surface area contributed by atoms with E-state index in [4.69, 9.17) is 23.7 Å². The van der Waals surface area contributed by atoms with Crippen LogP contribution >= 0.6 is 0 Å². The summed E-state index contributed by atoms with van der Waals surface area (Å²) in [5, 5.41) is 22.3. The van der Waals surface area contributed by atoms with Crippen molar-refractivity contribution in [3.63, 3.8) is 0 Å². The van der Waals surface area contributed by atoms with Gasteiger partial charge < -0.3 is 38.8 Å². The third-order valence-electron chi connectivity index (χ3n) is 8.38. The second kappa shape index (κ2) is 12.9. The second-order valence-electron chi connectivity index (χ2n) is 11.3. The van der Waals surface area contributed by atoms with E-state index in [0.717, 1.165) is 37.3 Å². The SMILES string of the molecule is COc1c(OCc2ccccc2)cc2c(c1OCc1ccccc1)[C@@H]1O[C@H](CN3CCN(C)CC3)[C@@H](O)[C@H](O)[C@H]1OC2=O. The zero-order valence-corrected chi connectivity index (χ0v) is 24.4. The van der Waals surface area contributed by atoms with Crippen molar-refractivity contribution in [2.45, 2.75) is 43.7 Å². The van der Waals surface area contributed by atoms with Crippen LogP contribution in [-0.4, -0.2) is 97.3 Å².